The lowest BCUT2D eigenvalue weighted by Gasteiger charge is -2.15. The molecule has 1 heterocycles. The maximum Gasteiger partial charge on any atom is 0.433 e. The summed E-state index contributed by atoms with van der Waals surface area (Å²) in [5.74, 6) is -3.27. The van der Waals surface area contributed by atoms with Gasteiger partial charge in [0.15, 0.2) is 5.69 Å². The Hall–Kier alpha value is -3.30. The molecular formula is C19H17F3N2O5. The molecule has 0 bridgehead atoms. The van der Waals surface area contributed by atoms with E-state index in [2.05, 4.69) is 14.7 Å². The number of nitrogens with zero attached hydrogens (tertiary/aromatic N) is 2. The summed E-state index contributed by atoms with van der Waals surface area (Å²) in [6.45, 7) is 3.12. The van der Waals surface area contributed by atoms with Crippen LogP contribution in [-0.2, 0) is 20.5 Å². The van der Waals surface area contributed by atoms with Crippen molar-refractivity contribution in [2.45, 2.75) is 32.0 Å². The van der Waals surface area contributed by atoms with Crippen LogP contribution in [0.2, 0.25) is 0 Å². The van der Waals surface area contributed by atoms with Gasteiger partial charge in [-0.25, -0.2) is 0 Å². The van der Waals surface area contributed by atoms with Crippen LogP contribution >= 0.6 is 0 Å². The number of carbonyl (C=O) groups excluding carboxylic acids is 3. The van der Waals surface area contributed by atoms with E-state index in [0.29, 0.717) is 6.07 Å². The number of aromatic nitrogens is 2. The normalized spacial score (nSPS) is 12.4. The number of benzene rings is 1. The van der Waals surface area contributed by atoms with Gasteiger partial charge in [-0.05, 0) is 25.5 Å². The minimum absolute atomic E-state index is 0.0159. The van der Waals surface area contributed by atoms with E-state index < -0.39 is 47.3 Å². The molecule has 0 aliphatic carbocycles. The van der Waals surface area contributed by atoms with Gasteiger partial charge in [0.1, 0.15) is 17.9 Å². The van der Waals surface area contributed by atoms with Crippen LogP contribution in [0.4, 0.5) is 13.2 Å². The number of methoxy groups -OCH3 is 1. The second kappa shape index (κ2) is 8.80. The summed E-state index contributed by atoms with van der Waals surface area (Å²) in [5, 5.41) is 0. The van der Waals surface area contributed by atoms with Gasteiger partial charge in [0.2, 0.25) is 5.78 Å². The molecule has 0 aliphatic heterocycles. The van der Waals surface area contributed by atoms with Crippen molar-refractivity contribution in [3.8, 4) is 6.01 Å². The fourth-order valence-electron chi connectivity index (χ4n) is 2.45. The van der Waals surface area contributed by atoms with Crippen molar-refractivity contribution in [2.24, 2.45) is 0 Å². The van der Waals surface area contributed by atoms with Gasteiger partial charge < -0.3 is 14.3 Å². The molecule has 0 N–H and O–H groups in total. The van der Waals surface area contributed by atoms with Crippen molar-refractivity contribution in [1.29, 1.82) is 0 Å². The van der Waals surface area contributed by atoms with E-state index in [0.717, 1.165) is 7.11 Å². The third-order valence-electron chi connectivity index (χ3n) is 3.70. The summed E-state index contributed by atoms with van der Waals surface area (Å²) >= 11 is 0. The van der Waals surface area contributed by atoms with Crippen molar-refractivity contribution >= 4 is 18.0 Å². The fraction of sp³-hybridized carbons (Fsp3) is 0.316. The van der Waals surface area contributed by atoms with Gasteiger partial charge >= 0.3 is 18.2 Å². The topological polar surface area (TPSA) is 95.5 Å². The number of hydrogen-bond acceptors (Lipinski definition) is 7. The molecule has 0 radical (unpaired) electrons. The number of rotatable bonds is 7. The molecule has 154 valence electrons. The smallest absolute Gasteiger partial charge is 0.433 e. The second-order valence-corrected chi connectivity index (χ2v) is 6.14. The highest BCUT2D eigenvalue weighted by Gasteiger charge is 2.35. The molecule has 1 atom stereocenters. The van der Waals surface area contributed by atoms with Crippen LogP contribution in [-0.4, -0.2) is 41.2 Å². The Kier molecular flexibility index (Phi) is 6.68. The quantitative estimate of drug-likeness (QED) is 0.300. The number of alkyl halides is 3. The molecule has 1 unspecified atom stereocenters. The summed E-state index contributed by atoms with van der Waals surface area (Å²) in [6, 6.07) is 5.39. The Morgan fingerprint density at radius 1 is 1.14 bits per heavy atom. The van der Waals surface area contributed by atoms with Gasteiger partial charge in [-0.3, -0.25) is 9.59 Å². The molecule has 1 aromatic heterocycles. The van der Waals surface area contributed by atoms with Crippen LogP contribution in [0.5, 0.6) is 6.01 Å². The Balaban J connectivity index is 2.60. The summed E-state index contributed by atoms with van der Waals surface area (Å²) in [7, 11) is 1.07. The molecule has 0 amide bonds. The van der Waals surface area contributed by atoms with Crippen LogP contribution in [0, 0.1) is 0 Å². The number of ether oxygens (including phenoxy) is 2. The summed E-state index contributed by atoms with van der Waals surface area (Å²) in [5.41, 5.74) is -2.14. The third kappa shape index (κ3) is 5.15. The minimum Gasteiger partial charge on any atom is -0.468 e. The molecule has 0 spiro atoms. The number of carbonyl (C=O) groups is 3. The van der Waals surface area contributed by atoms with Gasteiger partial charge in [-0.2, -0.15) is 23.1 Å². The number of ketones is 1. The lowest BCUT2D eigenvalue weighted by molar-refractivity contribution is -0.144. The highest BCUT2D eigenvalue weighted by molar-refractivity contribution is 6.10. The lowest BCUT2D eigenvalue weighted by atomic mass is 9.92. The van der Waals surface area contributed by atoms with Crippen molar-refractivity contribution < 1.29 is 37.0 Å². The van der Waals surface area contributed by atoms with Crippen LogP contribution in [0.25, 0.3) is 0 Å². The molecule has 0 fully saturated rings. The van der Waals surface area contributed by atoms with Gasteiger partial charge in [-0.15, -0.1) is 0 Å². The fourth-order valence-corrected chi connectivity index (χ4v) is 2.45. The van der Waals surface area contributed by atoms with Gasteiger partial charge in [0.05, 0.1) is 13.2 Å². The SMILES string of the molecule is COC(=O)C(C=O)c1ccccc1C(=O)c1cc(C(F)(F)F)nc(OC(C)C)n1. The number of aldehydes is 1. The Bertz CT molecular complexity index is 928. The van der Waals surface area contributed by atoms with Gasteiger partial charge in [-0.1, -0.05) is 24.3 Å². The van der Waals surface area contributed by atoms with Gasteiger partial charge in [0, 0.05) is 5.56 Å². The molecular weight excluding hydrogens is 393 g/mol. The molecule has 2 rings (SSSR count). The predicted octanol–water partition coefficient (Wildman–Crippen LogP) is 2.97. The molecule has 0 saturated carbocycles. The Labute approximate surface area is 163 Å². The molecule has 1 aromatic carbocycles. The molecule has 7 nitrogen and oxygen atoms in total. The van der Waals surface area contributed by atoms with E-state index in [9.17, 15) is 27.6 Å². The Morgan fingerprint density at radius 3 is 2.34 bits per heavy atom. The van der Waals surface area contributed by atoms with Crippen LogP contribution in [0.1, 0.15) is 47.1 Å². The highest BCUT2D eigenvalue weighted by atomic mass is 19.4. The predicted molar refractivity (Wildman–Crippen MR) is 93.5 cm³/mol. The lowest BCUT2D eigenvalue weighted by Crippen LogP contribution is -2.20. The molecule has 0 aliphatic rings. The average molecular weight is 410 g/mol. The monoisotopic (exact) mass is 410 g/mol. The largest absolute Gasteiger partial charge is 0.468 e. The van der Waals surface area contributed by atoms with E-state index in [-0.39, 0.29) is 17.4 Å². The van der Waals surface area contributed by atoms with E-state index in [1.165, 1.54) is 24.3 Å². The van der Waals surface area contributed by atoms with Crippen LogP contribution in [0.15, 0.2) is 30.3 Å². The first-order chi connectivity index (χ1) is 13.6. The Morgan fingerprint density at radius 2 is 1.79 bits per heavy atom. The highest BCUT2D eigenvalue weighted by Crippen LogP contribution is 2.30. The third-order valence-corrected chi connectivity index (χ3v) is 3.70. The standard InChI is InChI=1S/C19H17F3N2O5/c1-10(2)29-18-23-14(8-15(24-18)19(20,21)22)16(26)12-7-5-4-6-11(12)13(9-25)17(27)28-3/h4-10,13H,1-3H3. The summed E-state index contributed by atoms with van der Waals surface area (Å²) < 4.78 is 49.3. The van der Waals surface area contributed by atoms with E-state index in [1.807, 2.05) is 0 Å². The zero-order valence-electron chi connectivity index (χ0n) is 15.7. The van der Waals surface area contributed by atoms with Crippen LogP contribution in [0.3, 0.4) is 0 Å². The first-order valence-corrected chi connectivity index (χ1v) is 8.38. The second-order valence-electron chi connectivity index (χ2n) is 6.14. The van der Waals surface area contributed by atoms with Crippen molar-refractivity contribution in [3.05, 3.63) is 52.8 Å². The molecule has 2 aromatic rings. The zero-order chi connectivity index (χ0) is 21.8. The van der Waals surface area contributed by atoms with Crippen molar-refractivity contribution in [1.82, 2.24) is 9.97 Å². The van der Waals surface area contributed by atoms with Crippen molar-refractivity contribution in [2.75, 3.05) is 7.11 Å². The minimum atomic E-state index is -4.84. The van der Waals surface area contributed by atoms with E-state index in [1.54, 1.807) is 13.8 Å². The summed E-state index contributed by atoms with van der Waals surface area (Å²) in [4.78, 5) is 43.2. The first kappa shape index (κ1) is 22.0. The molecule has 0 saturated heterocycles. The number of halogens is 3. The van der Waals surface area contributed by atoms with E-state index >= 15 is 0 Å². The van der Waals surface area contributed by atoms with Crippen LogP contribution < -0.4 is 4.74 Å². The maximum atomic E-state index is 13.2. The zero-order valence-corrected chi connectivity index (χ0v) is 15.7. The van der Waals surface area contributed by atoms with Gasteiger partial charge in [0.25, 0.3) is 0 Å². The van der Waals surface area contributed by atoms with Crippen molar-refractivity contribution in [3.63, 3.8) is 0 Å². The average Bonchev–Trinajstić information content (AvgIpc) is 2.66. The number of esters is 1. The number of hydrogen-bond donors (Lipinski definition) is 0. The molecule has 29 heavy (non-hydrogen) atoms. The summed E-state index contributed by atoms with van der Waals surface area (Å²) in [6.07, 6.45) is -5.09. The van der Waals surface area contributed by atoms with E-state index in [4.69, 9.17) is 4.74 Å². The molecule has 10 heteroatoms. The first-order valence-electron chi connectivity index (χ1n) is 8.38. The maximum absolute atomic E-state index is 13.2.